The summed E-state index contributed by atoms with van der Waals surface area (Å²) in [7, 11) is 0. The van der Waals surface area contributed by atoms with Crippen molar-refractivity contribution < 1.29 is 14.6 Å². The number of hydrogen-bond donors (Lipinski definition) is 3. The number of alkyl carbamates (subject to hydrolysis) is 1. The molecule has 4 rings (SSSR count). The van der Waals surface area contributed by atoms with E-state index in [4.69, 9.17) is 4.74 Å². The molecule has 0 aromatic heterocycles. The number of carbonyl (C=O) groups excluding carboxylic acids is 1. The Morgan fingerprint density at radius 3 is 2.36 bits per heavy atom. The topological polar surface area (TPSA) is 70.6 Å². The molecule has 0 saturated heterocycles. The zero-order valence-corrected chi connectivity index (χ0v) is 17.5. The fourth-order valence-electron chi connectivity index (χ4n) is 4.59. The van der Waals surface area contributed by atoms with Crippen molar-refractivity contribution in [3.05, 3.63) is 35.9 Å². The van der Waals surface area contributed by atoms with E-state index >= 15 is 0 Å². The molecule has 3 aliphatic carbocycles. The Hall–Kier alpha value is -1.59. The van der Waals surface area contributed by atoms with Crippen LogP contribution in [0, 0.1) is 5.92 Å². The highest BCUT2D eigenvalue weighted by Crippen LogP contribution is 2.44. The minimum Gasteiger partial charge on any atom is -0.444 e. The average Bonchev–Trinajstić information content (AvgIpc) is 2.66. The molecule has 28 heavy (non-hydrogen) atoms. The van der Waals surface area contributed by atoms with E-state index in [1.54, 1.807) is 0 Å². The van der Waals surface area contributed by atoms with E-state index in [2.05, 4.69) is 10.6 Å². The molecule has 1 aromatic carbocycles. The van der Waals surface area contributed by atoms with Gasteiger partial charge < -0.3 is 20.5 Å². The Bertz CT molecular complexity index is 619. The molecule has 3 fully saturated rings. The third-order valence-corrected chi connectivity index (χ3v) is 6.24. The lowest BCUT2D eigenvalue weighted by atomic mass is 9.66. The lowest BCUT2D eigenvalue weighted by Crippen LogP contribution is -2.57. The zero-order valence-electron chi connectivity index (χ0n) is 17.5. The quantitative estimate of drug-likeness (QED) is 0.664. The lowest BCUT2D eigenvalue weighted by molar-refractivity contribution is 0.0382. The van der Waals surface area contributed by atoms with Crippen molar-refractivity contribution in [1.29, 1.82) is 0 Å². The molecule has 3 aliphatic rings. The van der Waals surface area contributed by atoms with E-state index in [1.165, 1.54) is 38.5 Å². The number of carbonyl (C=O) groups is 1. The first-order valence-electron chi connectivity index (χ1n) is 10.7. The molecular weight excluding hydrogens is 352 g/mol. The van der Waals surface area contributed by atoms with Crippen LogP contribution >= 0.6 is 0 Å². The van der Waals surface area contributed by atoms with Crippen molar-refractivity contribution in [2.24, 2.45) is 5.92 Å². The van der Waals surface area contributed by atoms with Gasteiger partial charge in [-0.2, -0.15) is 0 Å². The minimum absolute atomic E-state index is 0.180. The van der Waals surface area contributed by atoms with Crippen LogP contribution in [0.4, 0.5) is 4.79 Å². The van der Waals surface area contributed by atoms with Gasteiger partial charge in [-0.05, 0) is 77.2 Å². The predicted molar refractivity (Wildman–Crippen MR) is 111 cm³/mol. The number of nitrogens with one attached hydrogen (secondary N) is 2. The number of aliphatic hydroxyl groups is 1. The molecule has 3 saturated carbocycles. The molecule has 2 atom stereocenters. The van der Waals surface area contributed by atoms with Gasteiger partial charge >= 0.3 is 6.09 Å². The van der Waals surface area contributed by atoms with Crippen LogP contribution in [0.1, 0.15) is 64.9 Å². The summed E-state index contributed by atoms with van der Waals surface area (Å²) in [5.74, 6) is 0.910. The second kappa shape index (κ2) is 8.83. The molecule has 0 heterocycles. The first-order valence-corrected chi connectivity index (χ1v) is 10.7. The van der Waals surface area contributed by atoms with Crippen LogP contribution < -0.4 is 10.6 Å². The molecule has 0 radical (unpaired) electrons. The smallest absolute Gasteiger partial charge is 0.407 e. The summed E-state index contributed by atoms with van der Waals surface area (Å²) in [6, 6.07) is 9.56. The highest BCUT2D eigenvalue weighted by Gasteiger charge is 2.40. The number of fused-ring (bicyclic) bond motifs is 3. The molecule has 2 bridgehead atoms. The van der Waals surface area contributed by atoms with Gasteiger partial charge in [0.25, 0.3) is 0 Å². The lowest BCUT2D eigenvalue weighted by Gasteiger charge is -2.47. The van der Waals surface area contributed by atoms with Gasteiger partial charge in [-0.3, -0.25) is 0 Å². The Balaban J connectivity index is 1.61. The van der Waals surface area contributed by atoms with Crippen molar-refractivity contribution in [2.45, 2.75) is 89.0 Å². The van der Waals surface area contributed by atoms with Gasteiger partial charge in [0.05, 0.1) is 12.1 Å². The Labute approximate surface area is 169 Å². The highest BCUT2D eigenvalue weighted by molar-refractivity contribution is 5.68. The summed E-state index contributed by atoms with van der Waals surface area (Å²) in [5, 5.41) is 17.5. The van der Waals surface area contributed by atoms with Crippen molar-refractivity contribution in [3.63, 3.8) is 0 Å². The summed E-state index contributed by atoms with van der Waals surface area (Å²) < 4.78 is 5.42. The highest BCUT2D eigenvalue weighted by atomic mass is 16.6. The van der Waals surface area contributed by atoms with Crippen molar-refractivity contribution in [1.82, 2.24) is 10.6 Å². The standard InChI is InChI=1S/C23H36N2O3/c1-22(2,3)28-21(27)25-19(15-18-7-5-4-6-8-18)20(26)16-24-23-12-9-17(10-13-23)11-14-23/h4-8,17,19-20,24,26H,9-16H2,1-3H3,(H,25,27)/t17?,19-,20+,23?/m0/s1. The number of aliphatic hydroxyl groups excluding tert-OH is 1. The van der Waals surface area contributed by atoms with E-state index in [0.29, 0.717) is 13.0 Å². The molecule has 3 N–H and O–H groups in total. The molecule has 5 nitrogen and oxygen atoms in total. The molecule has 0 aliphatic heterocycles. The predicted octanol–water partition coefficient (Wildman–Crippen LogP) is 3.80. The average molecular weight is 389 g/mol. The fraction of sp³-hybridized carbons (Fsp3) is 0.696. The molecule has 156 valence electrons. The van der Waals surface area contributed by atoms with Crippen LogP contribution in [0.3, 0.4) is 0 Å². The van der Waals surface area contributed by atoms with Crippen molar-refractivity contribution in [2.75, 3.05) is 6.54 Å². The van der Waals surface area contributed by atoms with Crippen LogP contribution in [-0.2, 0) is 11.2 Å². The number of rotatable bonds is 7. The molecule has 0 spiro atoms. The zero-order chi connectivity index (χ0) is 20.2. The van der Waals surface area contributed by atoms with Gasteiger partial charge in [-0.25, -0.2) is 4.79 Å². The van der Waals surface area contributed by atoms with Crippen LogP contribution in [0.2, 0.25) is 0 Å². The number of β-amino-alcohol motifs (C(OH)–C–C–N with tert-alkyl or cyclic N) is 1. The molecule has 5 heteroatoms. The second-order valence-electron chi connectivity index (χ2n) is 9.65. The van der Waals surface area contributed by atoms with Crippen molar-refractivity contribution >= 4 is 6.09 Å². The normalized spacial score (nSPS) is 26.5. The molecule has 1 aromatic rings. The van der Waals surface area contributed by atoms with E-state index in [1.807, 2.05) is 51.1 Å². The van der Waals surface area contributed by atoms with Crippen LogP contribution in [0.5, 0.6) is 0 Å². The second-order valence-corrected chi connectivity index (χ2v) is 9.65. The number of ether oxygens (including phenoxy) is 1. The van der Waals surface area contributed by atoms with Crippen LogP contribution in [-0.4, -0.2) is 41.0 Å². The Morgan fingerprint density at radius 2 is 1.79 bits per heavy atom. The maximum atomic E-state index is 12.3. The monoisotopic (exact) mass is 388 g/mol. The van der Waals surface area contributed by atoms with Gasteiger partial charge in [0, 0.05) is 12.1 Å². The van der Waals surface area contributed by atoms with E-state index in [-0.39, 0.29) is 5.54 Å². The Kier molecular flexibility index (Phi) is 6.66. The van der Waals surface area contributed by atoms with Crippen LogP contribution in [0.15, 0.2) is 30.3 Å². The number of hydrogen-bond acceptors (Lipinski definition) is 4. The van der Waals surface area contributed by atoms with Gasteiger partial charge in [0.15, 0.2) is 0 Å². The summed E-state index contributed by atoms with van der Waals surface area (Å²) in [5.41, 5.74) is 0.697. The van der Waals surface area contributed by atoms with E-state index in [9.17, 15) is 9.90 Å². The maximum Gasteiger partial charge on any atom is 0.407 e. The first kappa shape index (κ1) is 21.1. The van der Waals surface area contributed by atoms with Gasteiger partial charge in [-0.15, -0.1) is 0 Å². The SMILES string of the molecule is CC(C)(C)OC(=O)N[C@@H](Cc1ccccc1)[C@H](O)CNC12CCC(CC1)CC2. The van der Waals surface area contributed by atoms with Crippen molar-refractivity contribution in [3.8, 4) is 0 Å². The largest absolute Gasteiger partial charge is 0.444 e. The number of amides is 1. The third-order valence-electron chi connectivity index (χ3n) is 6.24. The van der Waals surface area contributed by atoms with Gasteiger partial charge in [-0.1, -0.05) is 30.3 Å². The number of benzene rings is 1. The van der Waals surface area contributed by atoms with Gasteiger partial charge in [0.2, 0.25) is 0 Å². The molecule has 1 amide bonds. The molecular formula is C23H36N2O3. The Morgan fingerprint density at radius 1 is 1.18 bits per heavy atom. The third kappa shape index (κ3) is 5.95. The maximum absolute atomic E-state index is 12.3. The summed E-state index contributed by atoms with van der Waals surface area (Å²) >= 11 is 0. The minimum atomic E-state index is -0.679. The van der Waals surface area contributed by atoms with E-state index < -0.39 is 23.8 Å². The summed E-state index contributed by atoms with van der Waals surface area (Å²) in [4.78, 5) is 12.3. The van der Waals surface area contributed by atoms with Crippen LogP contribution in [0.25, 0.3) is 0 Å². The summed E-state index contributed by atoms with van der Waals surface area (Å²) in [6.45, 7) is 6.01. The molecule has 0 unspecified atom stereocenters. The first-order chi connectivity index (χ1) is 13.2. The van der Waals surface area contributed by atoms with E-state index in [0.717, 1.165) is 11.5 Å². The fourth-order valence-corrected chi connectivity index (χ4v) is 4.59. The summed E-state index contributed by atoms with van der Waals surface area (Å²) in [6.07, 6.45) is 6.91. The van der Waals surface area contributed by atoms with Gasteiger partial charge in [0.1, 0.15) is 5.60 Å².